The molecule has 3 rings (SSSR count). The van der Waals surface area contributed by atoms with Crippen molar-refractivity contribution >= 4 is 18.4 Å². The van der Waals surface area contributed by atoms with Crippen LogP contribution in [0.15, 0.2) is 48.7 Å². The fourth-order valence-corrected chi connectivity index (χ4v) is 2.81. The molecular formula is C19H25BN2O2. The van der Waals surface area contributed by atoms with Crippen LogP contribution in [0.1, 0.15) is 33.3 Å². The van der Waals surface area contributed by atoms with Crippen molar-refractivity contribution in [1.29, 1.82) is 0 Å². The molecule has 2 heterocycles. The molecule has 1 aromatic heterocycles. The zero-order valence-electron chi connectivity index (χ0n) is 15.1. The van der Waals surface area contributed by atoms with Gasteiger partial charge in [-0.2, -0.15) is 0 Å². The van der Waals surface area contributed by atoms with Crippen molar-refractivity contribution in [1.82, 2.24) is 4.98 Å². The molecule has 0 atom stereocenters. The molecule has 1 saturated heterocycles. The molecule has 1 aliphatic rings. The van der Waals surface area contributed by atoms with Gasteiger partial charge in [-0.1, -0.05) is 30.3 Å². The first kappa shape index (κ1) is 17.0. The summed E-state index contributed by atoms with van der Waals surface area (Å²) >= 11 is 0. The smallest absolute Gasteiger partial charge is 0.398 e. The van der Waals surface area contributed by atoms with Crippen molar-refractivity contribution in [2.24, 2.45) is 0 Å². The van der Waals surface area contributed by atoms with Crippen LogP contribution in [0.25, 0.3) is 0 Å². The average Bonchev–Trinajstić information content (AvgIpc) is 2.76. The molecule has 0 radical (unpaired) electrons. The summed E-state index contributed by atoms with van der Waals surface area (Å²) in [5.41, 5.74) is 2.37. The molecule has 1 aliphatic heterocycles. The molecule has 0 aliphatic carbocycles. The van der Waals surface area contributed by atoms with E-state index in [2.05, 4.69) is 75.0 Å². The normalized spacial score (nSPS) is 18.6. The Morgan fingerprint density at radius 3 is 2.21 bits per heavy atom. The third kappa shape index (κ3) is 3.19. The molecular weight excluding hydrogens is 299 g/mol. The van der Waals surface area contributed by atoms with Crippen LogP contribution in [0.3, 0.4) is 0 Å². The molecule has 126 valence electrons. The summed E-state index contributed by atoms with van der Waals surface area (Å²) in [6.45, 7) is 9.04. The summed E-state index contributed by atoms with van der Waals surface area (Å²) in [6, 6.07) is 14.4. The van der Waals surface area contributed by atoms with E-state index in [1.54, 1.807) is 6.20 Å². The van der Waals surface area contributed by atoms with Crippen LogP contribution in [0.2, 0.25) is 0 Å². The average molecular weight is 324 g/mol. The van der Waals surface area contributed by atoms with Crippen LogP contribution in [-0.2, 0) is 15.9 Å². The van der Waals surface area contributed by atoms with Crippen LogP contribution in [0, 0.1) is 0 Å². The van der Waals surface area contributed by atoms with Crippen LogP contribution in [0.5, 0.6) is 0 Å². The van der Waals surface area contributed by atoms with Gasteiger partial charge in [0.1, 0.15) is 0 Å². The van der Waals surface area contributed by atoms with E-state index in [1.807, 2.05) is 12.1 Å². The number of rotatable bonds is 4. The topological polar surface area (TPSA) is 34.6 Å². The number of hydrogen-bond donors (Lipinski definition) is 0. The standard InChI is InChI=1S/C19H25BN2O2/c1-18(2)19(3,4)24-20(23-18)17-16(12-9-13-21-17)22(5)14-15-10-7-6-8-11-15/h6-13H,14H2,1-5H3. The van der Waals surface area contributed by atoms with Crippen molar-refractivity contribution in [3.05, 3.63) is 54.2 Å². The predicted molar refractivity (Wildman–Crippen MR) is 98.5 cm³/mol. The number of benzene rings is 1. The van der Waals surface area contributed by atoms with Crippen LogP contribution >= 0.6 is 0 Å². The maximum absolute atomic E-state index is 6.18. The maximum Gasteiger partial charge on any atom is 0.516 e. The molecule has 0 spiro atoms. The zero-order valence-corrected chi connectivity index (χ0v) is 15.1. The lowest BCUT2D eigenvalue weighted by Crippen LogP contribution is -2.41. The van der Waals surface area contributed by atoms with Crippen LogP contribution in [-0.4, -0.2) is 30.4 Å². The molecule has 1 fully saturated rings. The maximum atomic E-state index is 6.18. The quantitative estimate of drug-likeness (QED) is 0.810. The Morgan fingerprint density at radius 2 is 1.58 bits per heavy atom. The first-order valence-electron chi connectivity index (χ1n) is 8.36. The summed E-state index contributed by atoms with van der Waals surface area (Å²) in [6.07, 6.45) is 1.79. The highest BCUT2D eigenvalue weighted by molar-refractivity contribution is 6.62. The Morgan fingerprint density at radius 1 is 0.958 bits per heavy atom. The Balaban J connectivity index is 1.86. The summed E-state index contributed by atoms with van der Waals surface area (Å²) in [4.78, 5) is 6.75. The number of anilines is 1. The molecule has 4 nitrogen and oxygen atoms in total. The Bertz CT molecular complexity index is 688. The number of aromatic nitrogens is 1. The van der Waals surface area contributed by atoms with E-state index in [9.17, 15) is 0 Å². The lowest BCUT2D eigenvalue weighted by atomic mass is 9.82. The summed E-state index contributed by atoms with van der Waals surface area (Å²) < 4.78 is 12.4. The minimum absolute atomic E-state index is 0.371. The van der Waals surface area contributed by atoms with Gasteiger partial charge in [0, 0.05) is 19.8 Å². The Kier molecular flexibility index (Phi) is 4.41. The Labute approximate surface area is 145 Å². The van der Waals surface area contributed by atoms with Gasteiger partial charge in [-0.15, -0.1) is 0 Å². The molecule has 0 bridgehead atoms. The lowest BCUT2D eigenvalue weighted by molar-refractivity contribution is 0.00578. The molecule has 2 aromatic rings. The second-order valence-corrected chi connectivity index (χ2v) is 7.34. The van der Waals surface area contributed by atoms with Crippen molar-refractivity contribution in [3.8, 4) is 0 Å². The van der Waals surface area contributed by atoms with E-state index in [1.165, 1.54) is 5.56 Å². The van der Waals surface area contributed by atoms with Gasteiger partial charge in [0.15, 0.2) is 0 Å². The van der Waals surface area contributed by atoms with Gasteiger partial charge in [-0.3, -0.25) is 4.98 Å². The fraction of sp³-hybridized carbons (Fsp3) is 0.421. The van der Waals surface area contributed by atoms with Gasteiger partial charge in [0.25, 0.3) is 0 Å². The molecule has 0 unspecified atom stereocenters. The minimum atomic E-state index is -0.454. The molecule has 0 saturated carbocycles. The highest BCUT2D eigenvalue weighted by Crippen LogP contribution is 2.37. The van der Waals surface area contributed by atoms with Gasteiger partial charge in [-0.25, -0.2) is 0 Å². The second-order valence-electron chi connectivity index (χ2n) is 7.34. The number of pyridine rings is 1. The summed E-state index contributed by atoms with van der Waals surface area (Å²) in [7, 11) is 1.61. The van der Waals surface area contributed by atoms with Gasteiger partial charge in [-0.05, 0) is 45.4 Å². The Hall–Kier alpha value is -1.85. The molecule has 5 heteroatoms. The van der Waals surface area contributed by atoms with Crippen molar-refractivity contribution in [2.45, 2.75) is 45.4 Å². The first-order valence-corrected chi connectivity index (χ1v) is 8.36. The SMILES string of the molecule is CN(Cc1ccccc1)c1cccnc1B1OC(C)(C)C(C)(C)O1. The van der Waals surface area contributed by atoms with E-state index >= 15 is 0 Å². The van der Waals surface area contributed by atoms with Crippen molar-refractivity contribution < 1.29 is 9.31 Å². The van der Waals surface area contributed by atoms with E-state index < -0.39 is 7.12 Å². The molecule has 0 amide bonds. The number of nitrogens with zero attached hydrogens (tertiary/aromatic N) is 2. The predicted octanol–water partition coefficient (Wildman–Crippen LogP) is 3.02. The van der Waals surface area contributed by atoms with Gasteiger partial charge in [0.05, 0.1) is 22.5 Å². The van der Waals surface area contributed by atoms with Crippen molar-refractivity contribution in [3.63, 3.8) is 0 Å². The number of hydrogen-bond acceptors (Lipinski definition) is 4. The molecule has 0 N–H and O–H groups in total. The molecule has 24 heavy (non-hydrogen) atoms. The van der Waals surface area contributed by atoms with Crippen LogP contribution in [0.4, 0.5) is 5.69 Å². The third-order valence-electron chi connectivity index (χ3n) is 4.97. The zero-order chi connectivity index (χ0) is 17.4. The third-order valence-corrected chi connectivity index (χ3v) is 4.97. The highest BCUT2D eigenvalue weighted by Gasteiger charge is 2.53. The minimum Gasteiger partial charge on any atom is -0.398 e. The summed E-state index contributed by atoms with van der Waals surface area (Å²) in [5.74, 6) is 0. The first-order chi connectivity index (χ1) is 11.3. The fourth-order valence-electron chi connectivity index (χ4n) is 2.81. The summed E-state index contributed by atoms with van der Waals surface area (Å²) in [5, 5.41) is 0. The second kappa shape index (κ2) is 6.23. The van der Waals surface area contributed by atoms with E-state index in [-0.39, 0.29) is 11.2 Å². The van der Waals surface area contributed by atoms with E-state index in [0.717, 1.165) is 17.8 Å². The van der Waals surface area contributed by atoms with E-state index in [4.69, 9.17) is 9.31 Å². The monoisotopic (exact) mass is 324 g/mol. The highest BCUT2D eigenvalue weighted by atomic mass is 16.7. The molecule has 1 aromatic carbocycles. The van der Waals surface area contributed by atoms with Gasteiger partial charge < -0.3 is 14.2 Å². The largest absolute Gasteiger partial charge is 0.516 e. The lowest BCUT2D eigenvalue weighted by Gasteiger charge is -2.32. The van der Waals surface area contributed by atoms with E-state index in [0.29, 0.717) is 0 Å². The van der Waals surface area contributed by atoms with Gasteiger partial charge in [0.2, 0.25) is 0 Å². The van der Waals surface area contributed by atoms with Gasteiger partial charge >= 0.3 is 7.12 Å². The van der Waals surface area contributed by atoms with Crippen molar-refractivity contribution in [2.75, 3.05) is 11.9 Å². The van der Waals surface area contributed by atoms with Crippen LogP contribution < -0.4 is 10.5 Å².